The smallest absolute Gasteiger partial charge is 0.271 e. The first-order valence-electron chi connectivity index (χ1n) is 8.64. The molecule has 0 aliphatic rings. The van der Waals surface area contributed by atoms with Gasteiger partial charge in [-0.25, -0.2) is 4.98 Å². The van der Waals surface area contributed by atoms with Gasteiger partial charge < -0.3 is 5.32 Å². The van der Waals surface area contributed by atoms with Gasteiger partial charge in [-0.3, -0.25) is 14.9 Å². The maximum absolute atomic E-state index is 13.1. The van der Waals surface area contributed by atoms with E-state index in [4.69, 9.17) is 11.6 Å². The van der Waals surface area contributed by atoms with Gasteiger partial charge in [0.1, 0.15) is 0 Å². The Labute approximate surface area is 174 Å². The van der Waals surface area contributed by atoms with Gasteiger partial charge in [-0.05, 0) is 36.8 Å². The van der Waals surface area contributed by atoms with E-state index in [0.29, 0.717) is 32.2 Å². The van der Waals surface area contributed by atoms with Crippen molar-refractivity contribution in [1.29, 1.82) is 0 Å². The second-order valence-electron chi connectivity index (χ2n) is 6.39. The van der Waals surface area contributed by atoms with Crippen LogP contribution >= 0.6 is 22.9 Å². The van der Waals surface area contributed by atoms with Gasteiger partial charge in [0.2, 0.25) is 0 Å². The molecule has 0 bridgehead atoms. The zero-order valence-electron chi connectivity index (χ0n) is 15.2. The van der Waals surface area contributed by atoms with E-state index in [1.807, 2.05) is 30.3 Å². The molecule has 8 heteroatoms. The monoisotopic (exact) mass is 423 g/mol. The van der Waals surface area contributed by atoms with E-state index in [1.165, 1.54) is 23.5 Å². The predicted octanol–water partition coefficient (Wildman–Crippen LogP) is 6.09. The zero-order valence-corrected chi connectivity index (χ0v) is 16.8. The maximum Gasteiger partial charge on any atom is 0.271 e. The molecule has 0 aliphatic heterocycles. The molecule has 1 N–H and O–H groups in total. The van der Waals surface area contributed by atoms with E-state index < -0.39 is 4.92 Å². The Kier molecular flexibility index (Phi) is 5.00. The summed E-state index contributed by atoms with van der Waals surface area (Å²) in [6, 6.07) is 17.1. The van der Waals surface area contributed by atoms with Gasteiger partial charge >= 0.3 is 0 Å². The number of nitro benzene ring substituents is 1. The number of non-ortho nitro benzene ring substituents is 1. The molecular formula is C21H14ClN3O3S. The standard InChI is InChI=1S/C21H14ClN3O3S/c1-12-6-7-13(25(27)28)10-17(12)24-21(26)15-11-18(19-8-9-20(22)29-19)23-16-5-3-2-4-14(15)16/h2-11H,1H3,(H,24,26). The van der Waals surface area contributed by atoms with E-state index in [0.717, 1.165) is 10.4 Å². The largest absolute Gasteiger partial charge is 0.321 e. The van der Waals surface area contributed by atoms with Crippen LogP contribution in [-0.2, 0) is 0 Å². The molecule has 1 amide bonds. The average Bonchev–Trinajstić information content (AvgIpc) is 3.15. The highest BCUT2D eigenvalue weighted by Crippen LogP contribution is 2.32. The van der Waals surface area contributed by atoms with Crippen molar-refractivity contribution in [3.05, 3.63) is 86.2 Å². The number of carbonyl (C=O) groups is 1. The van der Waals surface area contributed by atoms with Gasteiger partial charge in [-0.1, -0.05) is 35.9 Å². The predicted molar refractivity (Wildman–Crippen MR) is 116 cm³/mol. The minimum Gasteiger partial charge on any atom is -0.321 e. The molecular weight excluding hydrogens is 410 g/mol. The number of para-hydroxylation sites is 1. The van der Waals surface area contributed by atoms with Gasteiger partial charge in [0.15, 0.2) is 0 Å². The summed E-state index contributed by atoms with van der Waals surface area (Å²) in [5.74, 6) is -0.365. The number of aryl methyl sites for hydroxylation is 1. The molecule has 144 valence electrons. The van der Waals surface area contributed by atoms with Crippen LogP contribution < -0.4 is 5.32 Å². The number of nitrogens with zero attached hydrogens (tertiary/aromatic N) is 2. The van der Waals surface area contributed by atoms with Crippen molar-refractivity contribution in [2.75, 3.05) is 5.32 Å². The number of hydrogen-bond donors (Lipinski definition) is 1. The van der Waals surface area contributed by atoms with Gasteiger partial charge in [0, 0.05) is 17.5 Å². The zero-order chi connectivity index (χ0) is 20.5. The van der Waals surface area contributed by atoms with Crippen molar-refractivity contribution in [3.8, 4) is 10.6 Å². The number of aromatic nitrogens is 1. The minimum absolute atomic E-state index is 0.0839. The summed E-state index contributed by atoms with van der Waals surface area (Å²) in [4.78, 5) is 29.2. The Morgan fingerprint density at radius 3 is 2.66 bits per heavy atom. The number of thiophene rings is 1. The van der Waals surface area contributed by atoms with Crippen LogP contribution in [0.4, 0.5) is 11.4 Å². The fourth-order valence-electron chi connectivity index (χ4n) is 2.99. The van der Waals surface area contributed by atoms with Crippen LogP contribution in [0.15, 0.2) is 60.7 Å². The highest BCUT2D eigenvalue weighted by atomic mass is 35.5. The highest BCUT2D eigenvalue weighted by molar-refractivity contribution is 7.19. The lowest BCUT2D eigenvalue weighted by atomic mass is 10.1. The fourth-order valence-corrected chi connectivity index (χ4v) is 3.99. The Bertz CT molecular complexity index is 1270. The van der Waals surface area contributed by atoms with Gasteiger partial charge in [-0.15, -0.1) is 11.3 Å². The molecule has 0 atom stereocenters. The van der Waals surface area contributed by atoms with Crippen LogP contribution in [0.1, 0.15) is 15.9 Å². The topological polar surface area (TPSA) is 85.1 Å². The summed E-state index contributed by atoms with van der Waals surface area (Å²) in [6.07, 6.45) is 0. The Balaban J connectivity index is 1.79. The number of nitro groups is 1. The number of nitrogens with one attached hydrogen (secondary N) is 1. The van der Waals surface area contributed by atoms with Crippen molar-refractivity contribution in [2.45, 2.75) is 6.92 Å². The molecule has 0 unspecified atom stereocenters. The van der Waals surface area contributed by atoms with Crippen LogP contribution in [0.2, 0.25) is 4.34 Å². The summed E-state index contributed by atoms with van der Waals surface area (Å²) in [7, 11) is 0. The second kappa shape index (κ2) is 7.62. The summed E-state index contributed by atoms with van der Waals surface area (Å²) >= 11 is 7.43. The third-order valence-corrected chi connectivity index (χ3v) is 5.72. The van der Waals surface area contributed by atoms with Gasteiger partial charge in [0.05, 0.1) is 36.6 Å². The number of rotatable bonds is 4. The van der Waals surface area contributed by atoms with Crippen molar-refractivity contribution in [3.63, 3.8) is 0 Å². The lowest BCUT2D eigenvalue weighted by molar-refractivity contribution is -0.384. The van der Waals surface area contributed by atoms with E-state index in [9.17, 15) is 14.9 Å². The third kappa shape index (κ3) is 3.83. The van der Waals surface area contributed by atoms with Crippen LogP contribution in [0.5, 0.6) is 0 Å². The molecule has 4 rings (SSSR count). The SMILES string of the molecule is Cc1ccc([N+](=O)[O-])cc1NC(=O)c1cc(-c2ccc(Cl)s2)nc2ccccc12. The van der Waals surface area contributed by atoms with E-state index >= 15 is 0 Å². The fraction of sp³-hybridized carbons (Fsp3) is 0.0476. The quantitative estimate of drug-likeness (QED) is 0.318. The van der Waals surface area contributed by atoms with Crippen LogP contribution in [0.25, 0.3) is 21.5 Å². The molecule has 0 saturated carbocycles. The number of pyridine rings is 1. The normalized spacial score (nSPS) is 10.8. The third-order valence-electron chi connectivity index (χ3n) is 4.47. The summed E-state index contributed by atoms with van der Waals surface area (Å²) in [5, 5.41) is 14.6. The van der Waals surface area contributed by atoms with Crippen molar-refractivity contribution < 1.29 is 9.72 Å². The summed E-state index contributed by atoms with van der Waals surface area (Å²) in [5.41, 5.74) is 2.79. The molecule has 0 spiro atoms. The average molecular weight is 424 g/mol. The first-order chi connectivity index (χ1) is 13.9. The van der Waals surface area contributed by atoms with Crippen molar-refractivity contribution in [1.82, 2.24) is 4.98 Å². The number of amides is 1. The number of hydrogen-bond acceptors (Lipinski definition) is 5. The molecule has 0 saturated heterocycles. The van der Waals surface area contributed by atoms with Crippen LogP contribution in [0.3, 0.4) is 0 Å². The molecule has 2 heterocycles. The van der Waals surface area contributed by atoms with E-state index in [2.05, 4.69) is 10.3 Å². The summed E-state index contributed by atoms with van der Waals surface area (Å²) in [6.45, 7) is 1.78. The lowest BCUT2D eigenvalue weighted by Crippen LogP contribution is -2.14. The van der Waals surface area contributed by atoms with Crippen LogP contribution in [-0.4, -0.2) is 15.8 Å². The Hall–Kier alpha value is -3.29. The maximum atomic E-state index is 13.1. The lowest BCUT2D eigenvalue weighted by Gasteiger charge is -2.11. The first-order valence-corrected chi connectivity index (χ1v) is 9.84. The highest BCUT2D eigenvalue weighted by Gasteiger charge is 2.17. The molecule has 0 fully saturated rings. The number of carbonyl (C=O) groups excluding carboxylic acids is 1. The van der Waals surface area contributed by atoms with Crippen LogP contribution in [0, 0.1) is 17.0 Å². The van der Waals surface area contributed by atoms with Gasteiger partial charge in [0.25, 0.3) is 11.6 Å². The van der Waals surface area contributed by atoms with E-state index in [-0.39, 0.29) is 11.6 Å². The van der Waals surface area contributed by atoms with Crippen molar-refractivity contribution in [2.24, 2.45) is 0 Å². The molecule has 2 aromatic carbocycles. The second-order valence-corrected chi connectivity index (χ2v) is 8.10. The molecule has 0 radical (unpaired) electrons. The van der Waals surface area contributed by atoms with E-state index in [1.54, 1.807) is 25.1 Å². The minimum atomic E-state index is -0.491. The van der Waals surface area contributed by atoms with Crippen molar-refractivity contribution >= 4 is 51.1 Å². The molecule has 29 heavy (non-hydrogen) atoms. The number of fused-ring (bicyclic) bond motifs is 1. The number of benzene rings is 2. The Morgan fingerprint density at radius 1 is 1.14 bits per heavy atom. The molecule has 4 aromatic rings. The number of anilines is 1. The first kappa shape index (κ1) is 19.0. The molecule has 2 aromatic heterocycles. The number of halogens is 1. The molecule has 0 aliphatic carbocycles. The summed E-state index contributed by atoms with van der Waals surface area (Å²) < 4.78 is 0.633. The van der Waals surface area contributed by atoms with Gasteiger partial charge in [-0.2, -0.15) is 0 Å². The Morgan fingerprint density at radius 2 is 1.93 bits per heavy atom. The molecule has 6 nitrogen and oxygen atoms in total.